The van der Waals surface area contributed by atoms with Gasteiger partial charge in [-0.15, -0.1) is 0 Å². The average Bonchev–Trinajstić information content (AvgIpc) is 3.07. The molecule has 1 aromatic carbocycles. The van der Waals surface area contributed by atoms with Crippen LogP contribution in [0.15, 0.2) is 48.9 Å². The highest BCUT2D eigenvalue weighted by Gasteiger charge is 2.05. The molecule has 7 nitrogen and oxygen atoms in total. The summed E-state index contributed by atoms with van der Waals surface area (Å²) in [5, 5.41) is 7.50. The standard InChI is InChI=1S/C17H19N5O2/c1-23-10-9-22-12-14(11-19-22)20-16-7-8-18-17(21-16)13-3-5-15(24-2)6-4-13/h3-8,11-12H,9-10H2,1-2H3,(H,18,20,21). The van der Waals surface area contributed by atoms with Crippen LogP contribution in [0.1, 0.15) is 0 Å². The molecule has 124 valence electrons. The molecule has 0 atom stereocenters. The highest BCUT2D eigenvalue weighted by Crippen LogP contribution is 2.21. The minimum absolute atomic E-state index is 0.621. The first-order chi connectivity index (χ1) is 11.8. The second-order valence-electron chi connectivity index (χ2n) is 5.10. The lowest BCUT2D eigenvalue weighted by molar-refractivity contribution is 0.183. The molecule has 0 unspecified atom stereocenters. The predicted molar refractivity (Wildman–Crippen MR) is 91.4 cm³/mol. The van der Waals surface area contributed by atoms with E-state index in [0.29, 0.717) is 24.8 Å². The van der Waals surface area contributed by atoms with Crippen LogP contribution in [0.5, 0.6) is 5.75 Å². The van der Waals surface area contributed by atoms with Crippen molar-refractivity contribution < 1.29 is 9.47 Å². The van der Waals surface area contributed by atoms with Crippen molar-refractivity contribution >= 4 is 11.5 Å². The van der Waals surface area contributed by atoms with E-state index in [1.807, 2.05) is 41.2 Å². The number of hydrogen-bond donors (Lipinski definition) is 1. The molecule has 0 saturated heterocycles. The molecule has 3 aromatic rings. The first-order valence-corrected chi connectivity index (χ1v) is 7.54. The lowest BCUT2D eigenvalue weighted by Gasteiger charge is -2.06. The summed E-state index contributed by atoms with van der Waals surface area (Å²) in [7, 11) is 3.31. The fourth-order valence-corrected chi connectivity index (χ4v) is 2.19. The van der Waals surface area contributed by atoms with Crippen LogP contribution in [0.2, 0.25) is 0 Å². The molecular formula is C17H19N5O2. The van der Waals surface area contributed by atoms with Gasteiger partial charge in [0.05, 0.1) is 32.1 Å². The lowest BCUT2D eigenvalue weighted by Crippen LogP contribution is -2.04. The van der Waals surface area contributed by atoms with Gasteiger partial charge in [0.25, 0.3) is 0 Å². The van der Waals surface area contributed by atoms with E-state index in [2.05, 4.69) is 20.4 Å². The van der Waals surface area contributed by atoms with Gasteiger partial charge in [0.1, 0.15) is 11.6 Å². The number of benzene rings is 1. The van der Waals surface area contributed by atoms with Gasteiger partial charge in [0, 0.05) is 25.1 Å². The molecule has 0 fully saturated rings. The third kappa shape index (κ3) is 3.88. The largest absolute Gasteiger partial charge is 0.497 e. The highest BCUT2D eigenvalue weighted by molar-refractivity contribution is 5.60. The van der Waals surface area contributed by atoms with Gasteiger partial charge in [-0.25, -0.2) is 9.97 Å². The van der Waals surface area contributed by atoms with Crippen molar-refractivity contribution in [3.8, 4) is 17.1 Å². The summed E-state index contributed by atoms with van der Waals surface area (Å²) in [6.45, 7) is 1.33. The molecule has 7 heteroatoms. The third-order valence-corrected chi connectivity index (χ3v) is 3.43. The number of anilines is 2. The molecule has 3 rings (SSSR count). The van der Waals surface area contributed by atoms with E-state index in [9.17, 15) is 0 Å². The fraction of sp³-hybridized carbons (Fsp3) is 0.235. The van der Waals surface area contributed by atoms with Crippen LogP contribution in [-0.4, -0.2) is 40.6 Å². The minimum atomic E-state index is 0.621. The normalized spacial score (nSPS) is 10.6. The third-order valence-electron chi connectivity index (χ3n) is 3.43. The Morgan fingerprint density at radius 2 is 1.96 bits per heavy atom. The summed E-state index contributed by atoms with van der Waals surface area (Å²) in [5.41, 5.74) is 1.79. The molecule has 0 bridgehead atoms. The maximum atomic E-state index is 5.17. The second kappa shape index (κ2) is 7.56. The molecule has 2 heterocycles. The SMILES string of the molecule is COCCn1cc(Nc2ccnc(-c3ccc(OC)cc3)n2)cn1. The van der Waals surface area contributed by atoms with E-state index >= 15 is 0 Å². The summed E-state index contributed by atoms with van der Waals surface area (Å²) in [4.78, 5) is 8.86. The van der Waals surface area contributed by atoms with Crippen molar-refractivity contribution in [1.82, 2.24) is 19.7 Å². The predicted octanol–water partition coefficient (Wildman–Crippen LogP) is 2.74. The molecule has 0 aliphatic carbocycles. The Kier molecular flexibility index (Phi) is 5.02. The van der Waals surface area contributed by atoms with E-state index in [4.69, 9.17) is 9.47 Å². The smallest absolute Gasteiger partial charge is 0.161 e. The van der Waals surface area contributed by atoms with Crippen LogP contribution < -0.4 is 10.1 Å². The topological polar surface area (TPSA) is 74.1 Å². The number of ether oxygens (including phenoxy) is 2. The van der Waals surface area contributed by atoms with Crippen molar-refractivity contribution in [2.75, 3.05) is 26.1 Å². The number of nitrogens with zero attached hydrogens (tertiary/aromatic N) is 4. The van der Waals surface area contributed by atoms with Crippen molar-refractivity contribution in [3.63, 3.8) is 0 Å². The lowest BCUT2D eigenvalue weighted by atomic mass is 10.2. The quantitative estimate of drug-likeness (QED) is 0.720. The molecule has 2 aromatic heterocycles. The summed E-state index contributed by atoms with van der Waals surface area (Å²) in [6.07, 6.45) is 5.39. The number of hydrogen-bond acceptors (Lipinski definition) is 6. The van der Waals surface area contributed by atoms with E-state index in [1.165, 1.54) is 0 Å². The van der Waals surface area contributed by atoms with E-state index in [0.717, 1.165) is 17.0 Å². The van der Waals surface area contributed by atoms with Gasteiger partial charge in [-0.1, -0.05) is 0 Å². The van der Waals surface area contributed by atoms with Crippen LogP contribution in [-0.2, 0) is 11.3 Å². The van der Waals surface area contributed by atoms with E-state index in [1.54, 1.807) is 26.6 Å². The molecule has 0 amide bonds. The molecule has 1 N–H and O–H groups in total. The second-order valence-corrected chi connectivity index (χ2v) is 5.10. The molecule has 0 spiro atoms. The van der Waals surface area contributed by atoms with E-state index in [-0.39, 0.29) is 0 Å². The molecule has 0 radical (unpaired) electrons. The Labute approximate surface area is 140 Å². The number of methoxy groups -OCH3 is 2. The Morgan fingerprint density at radius 3 is 2.71 bits per heavy atom. The van der Waals surface area contributed by atoms with E-state index < -0.39 is 0 Å². The van der Waals surface area contributed by atoms with Gasteiger partial charge in [0.15, 0.2) is 5.82 Å². The number of rotatable bonds is 7. The van der Waals surface area contributed by atoms with Crippen molar-refractivity contribution in [3.05, 3.63) is 48.9 Å². The maximum absolute atomic E-state index is 5.17. The summed E-state index contributed by atoms with van der Waals surface area (Å²) < 4.78 is 12.0. The first kappa shape index (κ1) is 15.9. The van der Waals surface area contributed by atoms with Crippen molar-refractivity contribution in [2.45, 2.75) is 6.54 Å². The maximum Gasteiger partial charge on any atom is 0.161 e. The van der Waals surface area contributed by atoms with Crippen LogP contribution in [0.25, 0.3) is 11.4 Å². The monoisotopic (exact) mass is 325 g/mol. The fourth-order valence-electron chi connectivity index (χ4n) is 2.19. The van der Waals surface area contributed by atoms with Gasteiger partial charge in [-0.05, 0) is 30.3 Å². The molecular weight excluding hydrogens is 306 g/mol. The highest BCUT2D eigenvalue weighted by atomic mass is 16.5. The van der Waals surface area contributed by atoms with Crippen molar-refractivity contribution in [2.24, 2.45) is 0 Å². The Hall–Kier alpha value is -2.93. The zero-order chi connectivity index (χ0) is 16.8. The average molecular weight is 325 g/mol. The van der Waals surface area contributed by atoms with Gasteiger partial charge in [-0.3, -0.25) is 4.68 Å². The summed E-state index contributed by atoms with van der Waals surface area (Å²) in [6, 6.07) is 9.46. The van der Waals surface area contributed by atoms with Crippen LogP contribution in [0.4, 0.5) is 11.5 Å². The molecule has 0 aliphatic heterocycles. The zero-order valence-electron chi connectivity index (χ0n) is 13.6. The summed E-state index contributed by atoms with van der Waals surface area (Å²) in [5.74, 6) is 2.16. The number of nitrogens with one attached hydrogen (secondary N) is 1. The van der Waals surface area contributed by atoms with Crippen LogP contribution >= 0.6 is 0 Å². The molecule has 24 heavy (non-hydrogen) atoms. The van der Waals surface area contributed by atoms with Gasteiger partial charge < -0.3 is 14.8 Å². The Balaban J connectivity index is 1.73. The van der Waals surface area contributed by atoms with Crippen LogP contribution in [0, 0.1) is 0 Å². The van der Waals surface area contributed by atoms with Gasteiger partial charge in [-0.2, -0.15) is 5.10 Å². The van der Waals surface area contributed by atoms with Crippen LogP contribution in [0.3, 0.4) is 0 Å². The van der Waals surface area contributed by atoms with Crippen molar-refractivity contribution in [1.29, 1.82) is 0 Å². The Bertz CT molecular complexity index is 786. The molecule has 0 saturated carbocycles. The Morgan fingerprint density at radius 1 is 1.12 bits per heavy atom. The zero-order valence-corrected chi connectivity index (χ0v) is 13.6. The minimum Gasteiger partial charge on any atom is -0.497 e. The van der Waals surface area contributed by atoms with Gasteiger partial charge >= 0.3 is 0 Å². The summed E-state index contributed by atoms with van der Waals surface area (Å²) >= 11 is 0. The number of aromatic nitrogens is 4. The first-order valence-electron chi connectivity index (χ1n) is 7.54. The van der Waals surface area contributed by atoms with Gasteiger partial charge in [0.2, 0.25) is 0 Å². The molecule has 0 aliphatic rings.